The van der Waals surface area contributed by atoms with Crippen molar-refractivity contribution in [3.8, 4) is 11.4 Å². The number of H-pyrrole nitrogens is 1. The molecule has 0 unspecified atom stereocenters. The molecule has 0 radical (unpaired) electrons. The Hall–Kier alpha value is -3.68. The first kappa shape index (κ1) is 16.8. The summed E-state index contributed by atoms with van der Waals surface area (Å²) < 4.78 is 20.2. The number of rotatable bonds is 6. The molecule has 0 saturated heterocycles. The Bertz CT molecular complexity index is 1120. The van der Waals surface area contributed by atoms with Gasteiger partial charge in [-0.1, -0.05) is 24.3 Å². The third-order valence-corrected chi connectivity index (χ3v) is 3.90. The average Bonchev–Trinajstić information content (AvgIpc) is 3.11. The molecule has 2 aromatic carbocycles. The van der Waals surface area contributed by atoms with Crippen molar-refractivity contribution >= 4 is 17.0 Å². The van der Waals surface area contributed by atoms with Crippen LogP contribution in [0.25, 0.3) is 16.7 Å². The molecule has 27 heavy (non-hydrogen) atoms. The highest BCUT2D eigenvalue weighted by atomic mass is 19.1. The molecular formula is C19H16FN5O2. The van der Waals surface area contributed by atoms with Crippen molar-refractivity contribution in [1.29, 1.82) is 0 Å². The Morgan fingerprint density at radius 1 is 1.15 bits per heavy atom. The molecule has 2 heterocycles. The molecule has 0 aliphatic carbocycles. The maximum absolute atomic E-state index is 13.1. The number of nitrogens with one attached hydrogen (secondary N) is 2. The van der Waals surface area contributed by atoms with E-state index in [-0.39, 0.29) is 18.0 Å². The lowest BCUT2D eigenvalue weighted by atomic mass is 10.3. The molecule has 0 amide bonds. The van der Waals surface area contributed by atoms with Gasteiger partial charge in [-0.15, -0.1) is 0 Å². The van der Waals surface area contributed by atoms with Gasteiger partial charge >= 0.3 is 0 Å². The summed E-state index contributed by atoms with van der Waals surface area (Å²) in [5, 5.41) is 7.67. The summed E-state index contributed by atoms with van der Waals surface area (Å²) in [6.07, 6.45) is 1.49. The minimum Gasteiger partial charge on any atom is -0.492 e. The first-order valence-electron chi connectivity index (χ1n) is 8.36. The predicted octanol–water partition coefficient (Wildman–Crippen LogP) is 2.74. The van der Waals surface area contributed by atoms with E-state index in [2.05, 4.69) is 20.4 Å². The van der Waals surface area contributed by atoms with E-state index in [1.54, 1.807) is 16.8 Å². The monoisotopic (exact) mass is 365 g/mol. The van der Waals surface area contributed by atoms with Crippen molar-refractivity contribution in [2.24, 2.45) is 0 Å². The number of benzene rings is 2. The van der Waals surface area contributed by atoms with Crippen LogP contribution in [0.4, 0.5) is 10.3 Å². The molecule has 0 saturated carbocycles. The van der Waals surface area contributed by atoms with Gasteiger partial charge in [0, 0.05) is 6.07 Å². The second-order valence-corrected chi connectivity index (χ2v) is 5.78. The minimum atomic E-state index is -0.355. The number of hydrogen-bond acceptors (Lipinski definition) is 5. The van der Waals surface area contributed by atoms with Crippen molar-refractivity contribution in [1.82, 2.24) is 19.7 Å². The fourth-order valence-corrected chi connectivity index (χ4v) is 2.66. The lowest BCUT2D eigenvalue weighted by molar-refractivity contribution is 0.330. The minimum absolute atomic E-state index is 0.281. The topological polar surface area (TPSA) is 84.8 Å². The Labute approximate surface area is 153 Å². The highest BCUT2D eigenvalue weighted by Crippen LogP contribution is 2.15. The predicted molar refractivity (Wildman–Crippen MR) is 99.9 cm³/mol. The van der Waals surface area contributed by atoms with Crippen molar-refractivity contribution in [3.05, 3.63) is 77.0 Å². The van der Waals surface area contributed by atoms with Crippen LogP contribution in [-0.2, 0) is 0 Å². The van der Waals surface area contributed by atoms with Crippen LogP contribution in [-0.4, -0.2) is 32.9 Å². The first-order valence-corrected chi connectivity index (χ1v) is 8.36. The van der Waals surface area contributed by atoms with Crippen LogP contribution in [0.3, 0.4) is 0 Å². The Balaban J connectivity index is 1.50. The molecule has 4 rings (SSSR count). The largest absolute Gasteiger partial charge is 0.492 e. The lowest BCUT2D eigenvalue weighted by Crippen LogP contribution is -2.17. The van der Waals surface area contributed by atoms with Crippen molar-refractivity contribution in [2.75, 3.05) is 18.5 Å². The molecule has 0 aliphatic heterocycles. The number of aromatic amines is 1. The standard InChI is InChI=1S/C19H16FN5O2/c20-13-5-4-8-15(11-13)27-10-9-21-19-23-17-16(18(26)24-19)12-22-25(17)14-6-2-1-3-7-14/h1-8,11-12H,9-10H2,(H2,21,23,24,26). The summed E-state index contributed by atoms with van der Waals surface area (Å²) in [6, 6.07) is 15.4. The van der Waals surface area contributed by atoms with E-state index >= 15 is 0 Å². The van der Waals surface area contributed by atoms with E-state index in [0.717, 1.165) is 5.69 Å². The number of anilines is 1. The Kier molecular flexibility index (Phi) is 4.52. The van der Waals surface area contributed by atoms with Crippen molar-refractivity contribution < 1.29 is 9.13 Å². The summed E-state index contributed by atoms with van der Waals surface area (Å²) >= 11 is 0. The van der Waals surface area contributed by atoms with Crippen LogP contribution in [0, 0.1) is 5.82 Å². The summed E-state index contributed by atoms with van der Waals surface area (Å²) in [6.45, 7) is 0.660. The number of hydrogen-bond donors (Lipinski definition) is 2. The van der Waals surface area contributed by atoms with E-state index in [4.69, 9.17) is 4.74 Å². The van der Waals surface area contributed by atoms with Gasteiger partial charge in [0.2, 0.25) is 5.95 Å². The molecule has 0 atom stereocenters. The second kappa shape index (κ2) is 7.28. The number of fused-ring (bicyclic) bond motifs is 1. The first-order chi connectivity index (χ1) is 13.2. The third kappa shape index (κ3) is 3.64. The fourth-order valence-electron chi connectivity index (χ4n) is 2.66. The van der Waals surface area contributed by atoms with E-state index in [9.17, 15) is 9.18 Å². The molecule has 8 heteroatoms. The van der Waals surface area contributed by atoms with Crippen LogP contribution >= 0.6 is 0 Å². The highest BCUT2D eigenvalue weighted by Gasteiger charge is 2.11. The van der Waals surface area contributed by atoms with E-state index < -0.39 is 0 Å². The van der Waals surface area contributed by atoms with Crippen LogP contribution in [0.5, 0.6) is 5.75 Å². The zero-order chi connectivity index (χ0) is 18.6. The van der Waals surface area contributed by atoms with Gasteiger partial charge in [-0.3, -0.25) is 9.78 Å². The van der Waals surface area contributed by atoms with Crippen LogP contribution in [0.2, 0.25) is 0 Å². The van der Waals surface area contributed by atoms with E-state index in [1.165, 1.54) is 18.3 Å². The smallest absolute Gasteiger partial charge is 0.263 e. The zero-order valence-electron chi connectivity index (χ0n) is 14.2. The molecule has 4 aromatic rings. The van der Waals surface area contributed by atoms with Gasteiger partial charge in [-0.25, -0.2) is 9.07 Å². The van der Waals surface area contributed by atoms with Crippen LogP contribution in [0.1, 0.15) is 0 Å². The molecule has 0 spiro atoms. The van der Waals surface area contributed by atoms with Gasteiger partial charge in [0.1, 0.15) is 23.6 Å². The molecule has 7 nitrogen and oxygen atoms in total. The summed E-state index contributed by atoms with van der Waals surface area (Å²) in [7, 11) is 0. The molecule has 2 N–H and O–H groups in total. The summed E-state index contributed by atoms with van der Waals surface area (Å²) in [5.41, 5.74) is 0.986. The van der Waals surface area contributed by atoms with Crippen LogP contribution < -0.4 is 15.6 Å². The highest BCUT2D eigenvalue weighted by molar-refractivity contribution is 5.76. The van der Waals surface area contributed by atoms with E-state index in [1.807, 2.05) is 30.3 Å². The van der Waals surface area contributed by atoms with Gasteiger partial charge in [0.05, 0.1) is 18.4 Å². The maximum Gasteiger partial charge on any atom is 0.263 e. The number of aromatic nitrogens is 4. The fraction of sp³-hybridized carbons (Fsp3) is 0.105. The quantitative estimate of drug-likeness (QED) is 0.513. The maximum atomic E-state index is 13.1. The van der Waals surface area contributed by atoms with Gasteiger partial charge < -0.3 is 10.1 Å². The molecule has 0 bridgehead atoms. The molecule has 136 valence electrons. The van der Waals surface area contributed by atoms with Crippen molar-refractivity contribution in [3.63, 3.8) is 0 Å². The number of nitrogens with zero attached hydrogens (tertiary/aromatic N) is 3. The SMILES string of the molecule is O=c1[nH]c(NCCOc2cccc(F)c2)nc2c1cnn2-c1ccccc1. The molecule has 0 aliphatic rings. The molecule has 0 fully saturated rings. The molecular weight excluding hydrogens is 349 g/mol. The lowest BCUT2D eigenvalue weighted by Gasteiger charge is -2.08. The summed E-state index contributed by atoms with van der Waals surface area (Å²) in [5.74, 6) is 0.398. The second-order valence-electron chi connectivity index (χ2n) is 5.78. The van der Waals surface area contributed by atoms with Gasteiger partial charge in [0.15, 0.2) is 5.65 Å². The van der Waals surface area contributed by atoms with Gasteiger partial charge in [-0.2, -0.15) is 10.1 Å². The number of para-hydroxylation sites is 1. The zero-order valence-corrected chi connectivity index (χ0v) is 14.2. The number of ether oxygens (including phenoxy) is 1. The third-order valence-electron chi connectivity index (χ3n) is 3.90. The Morgan fingerprint density at radius 3 is 2.81 bits per heavy atom. The van der Waals surface area contributed by atoms with Crippen LogP contribution in [0.15, 0.2) is 65.6 Å². The Morgan fingerprint density at radius 2 is 2.00 bits per heavy atom. The summed E-state index contributed by atoms with van der Waals surface area (Å²) in [4.78, 5) is 19.4. The van der Waals surface area contributed by atoms with Crippen molar-refractivity contribution in [2.45, 2.75) is 0 Å². The van der Waals surface area contributed by atoms with Gasteiger partial charge in [0.25, 0.3) is 5.56 Å². The van der Waals surface area contributed by atoms with Gasteiger partial charge in [-0.05, 0) is 24.3 Å². The van der Waals surface area contributed by atoms with E-state index in [0.29, 0.717) is 29.3 Å². The molecule has 2 aromatic heterocycles. The number of halogens is 1. The average molecular weight is 365 g/mol. The normalized spacial score (nSPS) is 10.9.